The number of anilines is 2. The lowest BCUT2D eigenvalue weighted by Crippen LogP contribution is -2.40. The van der Waals surface area contributed by atoms with Gasteiger partial charge in [0.2, 0.25) is 15.9 Å². The molecule has 1 amide bonds. The van der Waals surface area contributed by atoms with Crippen molar-refractivity contribution in [2.45, 2.75) is 11.8 Å². The van der Waals surface area contributed by atoms with Gasteiger partial charge in [0.25, 0.3) is 0 Å². The second kappa shape index (κ2) is 10.9. The van der Waals surface area contributed by atoms with E-state index in [2.05, 4.69) is 10.6 Å². The zero-order valence-electron chi connectivity index (χ0n) is 17.9. The number of ether oxygens (including phenoxy) is 3. The fraction of sp³-hybridized carbons (Fsp3) is 0.381. The Kier molecular flexibility index (Phi) is 8.19. The Labute approximate surface area is 192 Å². The van der Waals surface area contributed by atoms with Crippen LogP contribution in [0.5, 0.6) is 11.5 Å². The average Bonchev–Trinajstić information content (AvgIpc) is 2.80. The van der Waals surface area contributed by atoms with Crippen LogP contribution in [0.25, 0.3) is 0 Å². The molecule has 174 valence electrons. The number of hydrogen-bond donors (Lipinski definition) is 2. The summed E-state index contributed by atoms with van der Waals surface area (Å²) >= 11 is 6.16. The third kappa shape index (κ3) is 5.63. The second-order valence-electron chi connectivity index (χ2n) is 6.83. The number of sulfonamides is 1. The molecule has 1 saturated heterocycles. The van der Waals surface area contributed by atoms with Crippen LogP contribution < -0.4 is 20.1 Å². The molecule has 32 heavy (non-hydrogen) atoms. The highest BCUT2D eigenvalue weighted by Gasteiger charge is 2.29. The Morgan fingerprint density at radius 2 is 1.97 bits per heavy atom. The molecule has 0 aromatic heterocycles. The van der Waals surface area contributed by atoms with Gasteiger partial charge in [-0.2, -0.15) is 4.31 Å². The molecule has 2 aromatic carbocycles. The van der Waals surface area contributed by atoms with Gasteiger partial charge < -0.3 is 24.8 Å². The number of nitrogens with one attached hydrogen (secondary N) is 2. The predicted molar refractivity (Wildman–Crippen MR) is 122 cm³/mol. The first-order valence-electron chi connectivity index (χ1n) is 10.1. The van der Waals surface area contributed by atoms with E-state index in [-0.39, 0.29) is 36.2 Å². The Morgan fingerprint density at radius 1 is 1.22 bits per heavy atom. The number of methoxy groups -OCH3 is 1. The quantitative estimate of drug-likeness (QED) is 0.564. The summed E-state index contributed by atoms with van der Waals surface area (Å²) in [4.78, 5) is 12.5. The number of morpholine rings is 1. The molecular weight excluding hydrogens is 458 g/mol. The van der Waals surface area contributed by atoms with Gasteiger partial charge in [-0.05, 0) is 37.3 Å². The molecule has 2 N–H and O–H groups in total. The van der Waals surface area contributed by atoms with E-state index in [4.69, 9.17) is 25.8 Å². The molecule has 1 heterocycles. The van der Waals surface area contributed by atoms with Crippen molar-refractivity contribution >= 4 is 38.9 Å². The van der Waals surface area contributed by atoms with E-state index in [1.165, 1.54) is 23.5 Å². The lowest BCUT2D eigenvalue weighted by molar-refractivity contribution is -0.114. The van der Waals surface area contributed by atoms with Crippen molar-refractivity contribution in [1.29, 1.82) is 0 Å². The first kappa shape index (κ1) is 24.1. The molecule has 11 heteroatoms. The summed E-state index contributed by atoms with van der Waals surface area (Å²) in [5, 5.41) is 6.13. The average molecular weight is 484 g/mol. The van der Waals surface area contributed by atoms with Crippen molar-refractivity contribution < 1.29 is 27.4 Å². The van der Waals surface area contributed by atoms with Gasteiger partial charge in [0, 0.05) is 18.8 Å². The molecule has 0 atom stereocenters. The molecular formula is C21H26ClN3O6S. The molecule has 1 fully saturated rings. The fourth-order valence-corrected chi connectivity index (χ4v) is 5.02. The van der Waals surface area contributed by atoms with E-state index in [0.29, 0.717) is 42.0 Å². The molecule has 1 aliphatic heterocycles. The van der Waals surface area contributed by atoms with E-state index in [1.807, 2.05) is 6.92 Å². The summed E-state index contributed by atoms with van der Waals surface area (Å²) in [6, 6.07) is 9.70. The Balaban J connectivity index is 1.73. The van der Waals surface area contributed by atoms with E-state index in [0.717, 1.165) is 0 Å². The van der Waals surface area contributed by atoms with Crippen LogP contribution in [0.4, 0.5) is 11.4 Å². The fourth-order valence-electron chi connectivity index (χ4n) is 3.20. The monoisotopic (exact) mass is 483 g/mol. The predicted octanol–water partition coefficient (Wildman–Crippen LogP) is 2.82. The zero-order valence-corrected chi connectivity index (χ0v) is 19.5. The van der Waals surface area contributed by atoms with Crippen molar-refractivity contribution in [2.75, 3.05) is 57.2 Å². The number of hydrogen-bond acceptors (Lipinski definition) is 7. The first-order chi connectivity index (χ1) is 15.4. The molecule has 9 nitrogen and oxygen atoms in total. The number of halogens is 1. The summed E-state index contributed by atoms with van der Waals surface area (Å²) < 4.78 is 43.5. The Bertz CT molecular complexity index is 1060. The topological polar surface area (TPSA) is 106 Å². The van der Waals surface area contributed by atoms with Crippen LogP contribution in [-0.4, -0.2) is 65.2 Å². The van der Waals surface area contributed by atoms with Crippen molar-refractivity contribution in [1.82, 2.24) is 4.31 Å². The van der Waals surface area contributed by atoms with Crippen molar-refractivity contribution in [3.8, 4) is 11.5 Å². The van der Waals surface area contributed by atoms with Gasteiger partial charge in [-0.15, -0.1) is 0 Å². The summed E-state index contributed by atoms with van der Waals surface area (Å²) in [5.74, 6) is 0.299. The lowest BCUT2D eigenvalue weighted by atomic mass is 10.2. The third-order valence-corrected chi connectivity index (χ3v) is 6.95. The van der Waals surface area contributed by atoms with Gasteiger partial charge in [0.1, 0.15) is 10.6 Å². The van der Waals surface area contributed by atoms with Gasteiger partial charge in [-0.3, -0.25) is 4.79 Å². The van der Waals surface area contributed by atoms with Crippen molar-refractivity contribution in [3.63, 3.8) is 0 Å². The van der Waals surface area contributed by atoms with Crippen LogP contribution in [-0.2, 0) is 19.6 Å². The van der Waals surface area contributed by atoms with Gasteiger partial charge in [0.05, 0.1) is 44.2 Å². The molecule has 0 saturated carbocycles. The Hall–Kier alpha value is -2.53. The van der Waals surface area contributed by atoms with Crippen LogP contribution in [0.2, 0.25) is 5.02 Å². The number of para-hydroxylation sites is 1. The maximum atomic E-state index is 13.1. The highest BCUT2D eigenvalue weighted by molar-refractivity contribution is 7.89. The molecule has 3 rings (SSSR count). The molecule has 2 aromatic rings. The van der Waals surface area contributed by atoms with Crippen LogP contribution in [0, 0.1) is 0 Å². The number of amides is 1. The van der Waals surface area contributed by atoms with Crippen LogP contribution in [0.3, 0.4) is 0 Å². The third-order valence-electron chi connectivity index (χ3n) is 4.73. The number of carbonyl (C=O) groups excluding carboxylic acids is 1. The number of carbonyl (C=O) groups is 1. The number of rotatable bonds is 9. The van der Waals surface area contributed by atoms with E-state index < -0.39 is 10.0 Å². The zero-order chi connectivity index (χ0) is 23.1. The smallest absolute Gasteiger partial charge is 0.246 e. The van der Waals surface area contributed by atoms with Gasteiger partial charge >= 0.3 is 0 Å². The van der Waals surface area contributed by atoms with Crippen molar-refractivity contribution in [3.05, 3.63) is 41.4 Å². The van der Waals surface area contributed by atoms with E-state index in [1.54, 1.807) is 24.3 Å². The highest BCUT2D eigenvalue weighted by atomic mass is 35.5. The molecule has 0 aliphatic carbocycles. The molecule has 0 unspecified atom stereocenters. The van der Waals surface area contributed by atoms with E-state index >= 15 is 0 Å². The molecule has 1 aliphatic rings. The number of benzene rings is 2. The summed E-state index contributed by atoms with van der Waals surface area (Å²) in [5.41, 5.74) is 0.917. The molecule has 0 bridgehead atoms. The lowest BCUT2D eigenvalue weighted by Gasteiger charge is -2.26. The second-order valence-corrected chi connectivity index (χ2v) is 9.15. The summed E-state index contributed by atoms with van der Waals surface area (Å²) in [6.45, 7) is 3.37. The first-order valence-corrected chi connectivity index (χ1v) is 11.9. The minimum Gasteiger partial charge on any atom is -0.495 e. The largest absolute Gasteiger partial charge is 0.495 e. The molecule has 0 radical (unpaired) electrons. The minimum atomic E-state index is -3.80. The SMILES string of the molecule is CCOc1c(Cl)cccc1NCC(=O)Nc1ccc(OC)c(S(=O)(=O)N2CCOCC2)c1. The maximum absolute atomic E-state index is 13.1. The van der Waals surface area contributed by atoms with Crippen LogP contribution in [0.15, 0.2) is 41.3 Å². The van der Waals surface area contributed by atoms with E-state index in [9.17, 15) is 13.2 Å². The Morgan fingerprint density at radius 3 is 2.66 bits per heavy atom. The molecule has 0 spiro atoms. The van der Waals surface area contributed by atoms with Crippen LogP contribution in [0.1, 0.15) is 6.92 Å². The normalized spacial score (nSPS) is 14.6. The number of nitrogens with zero attached hydrogens (tertiary/aromatic N) is 1. The van der Waals surface area contributed by atoms with Gasteiger partial charge in [-0.25, -0.2) is 8.42 Å². The summed E-state index contributed by atoms with van der Waals surface area (Å²) in [7, 11) is -2.41. The van der Waals surface area contributed by atoms with Gasteiger partial charge in [0.15, 0.2) is 5.75 Å². The van der Waals surface area contributed by atoms with Crippen molar-refractivity contribution in [2.24, 2.45) is 0 Å². The maximum Gasteiger partial charge on any atom is 0.246 e. The highest BCUT2D eigenvalue weighted by Crippen LogP contribution is 2.33. The van der Waals surface area contributed by atoms with Gasteiger partial charge in [-0.1, -0.05) is 17.7 Å². The standard InChI is InChI=1S/C21H26ClN3O6S/c1-3-31-21-16(22)5-4-6-17(21)23-14-20(26)24-15-7-8-18(29-2)19(13-15)32(27,28)25-9-11-30-12-10-25/h4-8,13,23H,3,9-12,14H2,1-2H3,(H,24,26). The van der Waals surface area contributed by atoms with Crippen LogP contribution >= 0.6 is 11.6 Å². The summed E-state index contributed by atoms with van der Waals surface area (Å²) in [6.07, 6.45) is 0. The minimum absolute atomic E-state index is 0.0128.